The third-order valence-corrected chi connectivity index (χ3v) is 3.90. The van der Waals surface area contributed by atoms with Gasteiger partial charge in [0.2, 0.25) is 0 Å². The van der Waals surface area contributed by atoms with Crippen LogP contribution in [0.5, 0.6) is 0 Å². The van der Waals surface area contributed by atoms with E-state index >= 15 is 0 Å². The van der Waals surface area contributed by atoms with Crippen molar-refractivity contribution < 1.29 is 5.11 Å². The number of nitrogens with zero attached hydrogens (tertiary/aromatic N) is 1. The van der Waals surface area contributed by atoms with E-state index in [9.17, 15) is 5.11 Å². The van der Waals surface area contributed by atoms with Crippen molar-refractivity contribution in [1.29, 1.82) is 0 Å². The van der Waals surface area contributed by atoms with E-state index < -0.39 is 6.10 Å². The van der Waals surface area contributed by atoms with Crippen molar-refractivity contribution in [2.75, 3.05) is 19.6 Å². The van der Waals surface area contributed by atoms with Gasteiger partial charge in [-0.25, -0.2) is 0 Å². The number of nitrogens with two attached hydrogens (primary N) is 1. The van der Waals surface area contributed by atoms with E-state index in [1.165, 1.54) is 12.8 Å². The van der Waals surface area contributed by atoms with Crippen LogP contribution < -0.4 is 5.73 Å². The van der Waals surface area contributed by atoms with Crippen LogP contribution >= 0.6 is 0 Å². The fourth-order valence-electron chi connectivity index (χ4n) is 2.71. The Labute approximate surface area is 110 Å². The highest BCUT2D eigenvalue weighted by Crippen LogP contribution is 2.21. The van der Waals surface area contributed by atoms with Crippen LogP contribution in [-0.4, -0.2) is 35.7 Å². The van der Waals surface area contributed by atoms with Crippen LogP contribution in [0.4, 0.5) is 0 Å². The van der Waals surface area contributed by atoms with Crippen molar-refractivity contribution in [2.24, 2.45) is 11.7 Å². The molecular weight excluding hydrogens is 224 g/mol. The van der Waals surface area contributed by atoms with Crippen molar-refractivity contribution in [3.63, 3.8) is 0 Å². The van der Waals surface area contributed by atoms with E-state index in [0.29, 0.717) is 12.5 Å². The number of piperidine rings is 1. The summed E-state index contributed by atoms with van der Waals surface area (Å²) in [7, 11) is 0. The molecule has 1 aromatic carbocycles. The molecule has 1 aromatic rings. The van der Waals surface area contributed by atoms with E-state index in [2.05, 4.69) is 11.8 Å². The SMILES string of the molecule is CC(N)C1CCCN(CC(O)c2ccccc2)C1. The summed E-state index contributed by atoms with van der Waals surface area (Å²) >= 11 is 0. The Morgan fingerprint density at radius 3 is 2.78 bits per heavy atom. The summed E-state index contributed by atoms with van der Waals surface area (Å²) in [6.45, 7) is 4.89. The molecule has 3 heteroatoms. The van der Waals surface area contributed by atoms with Gasteiger partial charge in [0, 0.05) is 19.1 Å². The summed E-state index contributed by atoms with van der Waals surface area (Å²) in [5.74, 6) is 0.571. The number of rotatable bonds is 4. The van der Waals surface area contributed by atoms with Crippen LogP contribution in [0.25, 0.3) is 0 Å². The van der Waals surface area contributed by atoms with Gasteiger partial charge < -0.3 is 15.7 Å². The summed E-state index contributed by atoms with van der Waals surface area (Å²) in [6.07, 6.45) is 2.02. The maximum absolute atomic E-state index is 10.2. The van der Waals surface area contributed by atoms with Gasteiger partial charge in [-0.15, -0.1) is 0 Å². The zero-order valence-electron chi connectivity index (χ0n) is 11.1. The van der Waals surface area contributed by atoms with E-state index in [0.717, 1.165) is 18.7 Å². The van der Waals surface area contributed by atoms with Crippen molar-refractivity contribution >= 4 is 0 Å². The monoisotopic (exact) mass is 248 g/mol. The van der Waals surface area contributed by atoms with Gasteiger partial charge in [0.25, 0.3) is 0 Å². The van der Waals surface area contributed by atoms with E-state index in [4.69, 9.17) is 5.73 Å². The molecule has 1 heterocycles. The molecule has 3 unspecified atom stereocenters. The van der Waals surface area contributed by atoms with Gasteiger partial charge in [-0.1, -0.05) is 30.3 Å². The second-order valence-corrected chi connectivity index (χ2v) is 5.45. The minimum atomic E-state index is -0.391. The molecule has 0 aromatic heterocycles. The highest BCUT2D eigenvalue weighted by atomic mass is 16.3. The second-order valence-electron chi connectivity index (χ2n) is 5.45. The van der Waals surface area contributed by atoms with Crippen LogP contribution in [-0.2, 0) is 0 Å². The van der Waals surface area contributed by atoms with Crippen LogP contribution in [0.15, 0.2) is 30.3 Å². The van der Waals surface area contributed by atoms with Crippen LogP contribution in [0.3, 0.4) is 0 Å². The molecule has 1 aliphatic heterocycles. The molecule has 100 valence electrons. The van der Waals surface area contributed by atoms with Crippen LogP contribution in [0.1, 0.15) is 31.4 Å². The molecule has 1 aliphatic rings. The lowest BCUT2D eigenvalue weighted by atomic mass is 9.92. The standard InChI is InChI=1S/C15H24N2O/c1-12(16)14-8-5-9-17(10-14)11-15(18)13-6-3-2-4-7-13/h2-4,6-7,12,14-15,18H,5,8-11,16H2,1H3. The molecule has 0 saturated carbocycles. The van der Waals surface area contributed by atoms with E-state index in [1.807, 2.05) is 30.3 Å². The van der Waals surface area contributed by atoms with Crippen LogP contribution in [0.2, 0.25) is 0 Å². The first-order chi connectivity index (χ1) is 8.66. The molecule has 1 fully saturated rings. The van der Waals surface area contributed by atoms with Gasteiger partial charge >= 0.3 is 0 Å². The number of benzene rings is 1. The number of likely N-dealkylation sites (tertiary alicyclic amines) is 1. The predicted molar refractivity (Wildman–Crippen MR) is 74.2 cm³/mol. The molecule has 0 spiro atoms. The first kappa shape index (κ1) is 13.5. The average molecular weight is 248 g/mol. The minimum absolute atomic E-state index is 0.252. The minimum Gasteiger partial charge on any atom is -0.387 e. The van der Waals surface area contributed by atoms with Crippen molar-refractivity contribution in [1.82, 2.24) is 4.90 Å². The van der Waals surface area contributed by atoms with Crippen molar-refractivity contribution in [3.05, 3.63) is 35.9 Å². The third-order valence-electron chi connectivity index (χ3n) is 3.90. The molecule has 0 radical (unpaired) electrons. The van der Waals surface area contributed by atoms with Gasteiger partial charge in [-0.3, -0.25) is 0 Å². The molecule has 3 nitrogen and oxygen atoms in total. The number of β-amino-alcohol motifs (C(OH)–C–C–N with tert-alkyl or cyclic N) is 1. The van der Waals surface area contributed by atoms with Crippen molar-refractivity contribution in [2.45, 2.75) is 31.9 Å². The quantitative estimate of drug-likeness (QED) is 0.854. The molecule has 3 atom stereocenters. The summed E-state index contributed by atoms with van der Waals surface area (Å²) < 4.78 is 0. The Bertz CT molecular complexity index is 353. The number of aliphatic hydroxyl groups excluding tert-OH is 1. The van der Waals surface area contributed by atoms with E-state index in [-0.39, 0.29) is 6.04 Å². The Kier molecular flexibility index (Phi) is 4.75. The fraction of sp³-hybridized carbons (Fsp3) is 0.600. The first-order valence-corrected chi connectivity index (χ1v) is 6.88. The topological polar surface area (TPSA) is 49.5 Å². The molecule has 1 saturated heterocycles. The molecule has 3 N–H and O–H groups in total. The largest absolute Gasteiger partial charge is 0.387 e. The lowest BCUT2D eigenvalue weighted by Crippen LogP contribution is -2.43. The average Bonchev–Trinajstić information content (AvgIpc) is 2.40. The predicted octanol–water partition coefficient (Wildman–Crippen LogP) is 1.78. The Morgan fingerprint density at radius 1 is 1.39 bits per heavy atom. The molecule has 0 aliphatic carbocycles. The Morgan fingerprint density at radius 2 is 2.11 bits per heavy atom. The van der Waals surface area contributed by atoms with Gasteiger partial charge in [0.05, 0.1) is 6.10 Å². The van der Waals surface area contributed by atoms with E-state index in [1.54, 1.807) is 0 Å². The maximum atomic E-state index is 10.2. The maximum Gasteiger partial charge on any atom is 0.0916 e. The lowest BCUT2D eigenvalue weighted by molar-refractivity contribution is 0.0801. The molecule has 0 amide bonds. The zero-order valence-corrected chi connectivity index (χ0v) is 11.1. The Balaban J connectivity index is 1.89. The second kappa shape index (κ2) is 6.32. The summed E-state index contributed by atoms with van der Waals surface area (Å²) in [6, 6.07) is 10.1. The zero-order chi connectivity index (χ0) is 13.0. The first-order valence-electron chi connectivity index (χ1n) is 6.88. The molecule has 18 heavy (non-hydrogen) atoms. The fourth-order valence-corrected chi connectivity index (χ4v) is 2.71. The highest BCUT2D eigenvalue weighted by Gasteiger charge is 2.24. The highest BCUT2D eigenvalue weighted by molar-refractivity contribution is 5.17. The molecule has 2 rings (SSSR count). The van der Waals surface area contributed by atoms with Gasteiger partial charge in [0.1, 0.15) is 0 Å². The summed E-state index contributed by atoms with van der Waals surface area (Å²) in [4.78, 5) is 2.34. The number of hydrogen-bond acceptors (Lipinski definition) is 3. The van der Waals surface area contributed by atoms with Crippen molar-refractivity contribution in [3.8, 4) is 0 Å². The molecular formula is C15H24N2O. The smallest absolute Gasteiger partial charge is 0.0916 e. The van der Waals surface area contributed by atoms with Gasteiger partial charge in [-0.2, -0.15) is 0 Å². The summed E-state index contributed by atoms with van der Waals surface area (Å²) in [5, 5.41) is 10.2. The number of hydrogen-bond donors (Lipinski definition) is 2. The lowest BCUT2D eigenvalue weighted by Gasteiger charge is -2.35. The normalized spacial score (nSPS) is 24.7. The summed E-state index contributed by atoms with van der Waals surface area (Å²) in [5.41, 5.74) is 6.98. The van der Waals surface area contributed by atoms with Crippen LogP contribution in [0, 0.1) is 5.92 Å². The third kappa shape index (κ3) is 3.55. The molecule has 0 bridgehead atoms. The number of aliphatic hydroxyl groups is 1. The van der Waals surface area contributed by atoms with Gasteiger partial charge in [-0.05, 0) is 37.8 Å². The Hall–Kier alpha value is -0.900. The van der Waals surface area contributed by atoms with Gasteiger partial charge in [0.15, 0.2) is 0 Å².